The molecule has 0 bridgehead atoms. The highest BCUT2D eigenvalue weighted by atomic mass is 16.2. The van der Waals surface area contributed by atoms with E-state index in [0.29, 0.717) is 11.8 Å². The van der Waals surface area contributed by atoms with Gasteiger partial charge in [-0.2, -0.15) is 0 Å². The van der Waals surface area contributed by atoms with E-state index < -0.39 is 0 Å². The van der Waals surface area contributed by atoms with Crippen LogP contribution in [0.4, 0.5) is 0 Å². The zero-order valence-corrected chi connectivity index (χ0v) is 13.8. The molecule has 3 aliphatic rings. The van der Waals surface area contributed by atoms with Gasteiger partial charge >= 0.3 is 0 Å². The summed E-state index contributed by atoms with van der Waals surface area (Å²) in [5, 5.41) is 3.36. The number of nitrogens with one attached hydrogen (secondary N) is 1. The summed E-state index contributed by atoms with van der Waals surface area (Å²) in [5.41, 5.74) is 2.43. The highest BCUT2D eigenvalue weighted by Gasteiger charge is 2.32. The van der Waals surface area contributed by atoms with Crippen molar-refractivity contribution in [2.45, 2.75) is 57.4 Å². The molecule has 1 N–H and O–H groups in total. The van der Waals surface area contributed by atoms with E-state index >= 15 is 0 Å². The van der Waals surface area contributed by atoms with Crippen LogP contribution in [0, 0.1) is 5.92 Å². The maximum absolute atomic E-state index is 12.7. The van der Waals surface area contributed by atoms with Gasteiger partial charge in [0.2, 0.25) is 5.91 Å². The maximum atomic E-state index is 12.7. The molecule has 23 heavy (non-hydrogen) atoms. The van der Waals surface area contributed by atoms with Crippen molar-refractivity contribution in [2.75, 3.05) is 19.6 Å². The van der Waals surface area contributed by atoms with E-state index in [9.17, 15) is 4.79 Å². The number of hydrogen-bond donors (Lipinski definition) is 1. The van der Waals surface area contributed by atoms with Gasteiger partial charge in [-0.05, 0) is 25.7 Å². The molecule has 5 heteroatoms. The molecule has 0 aromatic carbocycles. The third kappa shape index (κ3) is 3.11. The zero-order chi connectivity index (χ0) is 15.6. The number of piperidine rings is 1. The highest BCUT2D eigenvalue weighted by molar-refractivity contribution is 5.79. The van der Waals surface area contributed by atoms with E-state index in [2.05, 4.69) is 15.2 Å². The number of amides is 1. The molecule has 1 amide bonds. The molecule has 5 nitrogen and oxygen atoms in total. The van der Waals surface area contributed by atoms with Crippen LogP contribution in [0.5, 0.6) is 0 Å². The number of fused-ring (bicyclic) bond motifs is 1. The van der Waals surface area contributed by atoms with Gasteiger partial charge in [-0.1, -0.05) is 12.8 Å². The van der Waals surface area contributed by atoms with Gasteiger partial charge in [0.15, 0.2) is 0 Å². The SMILES string of the molecule is O=C(C1CCCC1)N1CCCC(c2ncc3c(n2)CCNC3)C1. The third-order valence-corrected chi connectivity index (χ3v) is 5.63. The van der Waals surface area contributed by atoms with Crippen LogP contribution >= 0.6 is 0 Å². The van der Waals surface area contributed by atoms with Crippen molar-refractivity contribution >= 4 is 5.91 Å². The molecular formula is C18H26N4O. The van der Waals surface area contributed by atoms with Gasteiger partial charge in [0.1, 0.15) is 5.82 Å². The molecule has 1 unspecified atom stereocenters. The van der Waals surface area contributed by atoms with Crippen molar-refractivity contribution in [2.24, 2.45) is 5.92 Å². The van der Waals surface area contributed by atoms with Gasteiger partial charge in [0.25, 0.3) is 0 Å². The van der Waals surface area contributed by atoms with Gasteiger partial charge in [-0.25, -0.2) is 9.97 Å². The smallest absolute Gasteiger partial charge is 0.225 e. The molecule has 124 valence electrons. The summed E-state index contributed by atoms with van der Waals surface area (Å²) >= 11 is 0. The second-order valence-corrected chi connectivity index (χ2v) is 7.23. The third-order valence-electron chi connectivity index (χ3n) is 5.63. The second-order valence-electron chi connectivity index (χ2n) is 7.23. The minimum atomic E-state index is 0.282. The summed E-state index contributed by atoms with van der Waals surface area (Å²) in [6.07, 6.45) is 9.76. The van der Waals surface area contributed by atoms with Crippen LogP contribution in [0.25, 0.3) is 0 Å². The lowest BCUT2D eigenvalue weighted by Gasteiger charge is -2.34. The number of aromatic nitrogens is 2. The summed E-state index contributed by atoms with van der Waals surface area (Å²) in [7, 11) is 0. The van der Waals surface area contributed by atoms with Crippen molar-refractivity contribution in [3.8, 4) is 0 Å². The Kier molecular flexibility index (Phi) is 4.29. The maximum Gasteiger partial charge on any atom is 0.225 e. The van der Waals surface area contributed by atoms with Crippen molar-refractivity contribution < 1.29 is 4.79 Å². The monoisotopic (exact) mass is 314 g/mol. The van der Waals surface area contributed by atoms with E-state index in [4.69, 9.17) is 4.98 Å². The highest BCUT2D eigenvalue weighted by Crippen LogP contribution is 2.30. The van der Waals surface area contributed by atoms with Crippen molar-refractivity contribution in [3.63, 3.8) is 0 Å². The second kappa shape index (κ2) is 6.56. The van der Waals surface area contributed by atoms with Crippen molar-refractivity contribution in [3.05, 3.63) is 23.3 Å². The normalized spacial score (nSPS) is 25.4. The Morgan fingerprint density at radius 3 is 2.96 bits per heavy atom. The first-order chi connectivity index (χ1) is 11.3. The quantitative estimate of drug-likeness (QED) is 0.907. The van der Waals surface area contributed by atoms with Crippen molar-refractivity contribution in [1.82, 2.24) is 20.2 Å². The molecule has 2 fully saturated rings. The topological polar surface area (TPSA) is 58.1 Å². The van der Waals surface area contributed by atoms with Gasteiger partial charge in [-0.3, -0.25) is 4.79 Å². The Bertz CT molecular complexity index is 582. The minimum absolute atomic E-state index is 0.282. The fraction of sp³-hybridized carbons (Fsp3) is 0.722. The lowest BCUT2D eigenvalue weighted by molar-refractivity contribution is -0.136. The lowest BCUT2D eigenvalue weighted by atomic mass is 9.95. The molecule has 1 atom stereocenters. The zero-order valence-electron chi connectivity index (χ0n) is 13.8. The number of likely N-dealkylation sites (tertiary alicyclic amines) is 1. The number of carbonyl (C=O) groups excluding carboxylic acids is 1. The summed E-state index contributed by atoms with van der Waals surface area (Å²) in [5.74, 6) is 1.93. The Morgan fingerprint density at radius 2 is 2.09 bits per heavy atom. The molecule has 3 heterocycles. The first-order valence-corrected chi connectivity index (χ1v) is 9.15. The summed E-state index contributed by atoms with van der Waals surface area (Å²) in [6.45, 7) is 3.61. The van der Waals surface area contributed by atoms with Gasteiger partial charge in [-0.15, -0.1) is 0 Å². The fourth-order valence-corrected chi connectivity index (χ4v) is 4.27. The molecule has 2 aliphatic heterocycles. The van der Waals surface area contributed by atoms with Gasteiger partial charge < -0.3 is 10.2 Å². The molecule has 4 rings (SSSR count). The molecule has 0 spiro atoms. The number of rotatable bonds is 2. The molecule has 1 saturated carbocycles. The Hall–Kier alpha value is -1.49. The summed E-state index contributed by atoms with van der Waals surface area (Å²) in [6, 6.07) is 0. The first-order valence-electron chi connectivity index (χ1n) is 9.15. The van der Waals surface area contributed by atoms with Gasteiger partial charge in [0.05, 0.1) is 0 Å². The predicted molar refractivity (Wildman–Crippen MR) is 88.0 cm³/mol. The van der Waals surface area contributed by atoms with E-state index in [1.165, 1.54) is 24.1 Å². The summed E-state index contributed by atoms with van der Waals surface area (Å²) < 4.78 is 0. The van der Waals surface area contributed by atoms with Crippen LogP contribution in [0.2, 0.25) is 0 Å². The number of carbonyl (C=O) groups is 1. The van der Waals surface area contributed by atoms with Crippen LogP contribution in [-0.4, -0.2) is 40.4 Å². The van der Waals surface area contributed by atoms with Crippen LogP contribution in [-0.2, 0) is 17.8 Å². The minimum Gasteiger partial charge on any atom is -0.342 e. The van der Waals surface area contributed by atoms with E-state index in [1.807, 2.05) is 6.20 Å². The summed E-state index contributed by atoms with van der Waals surface area (Å²) in [4.78, 5) is 24.2. The average molecular weight is 314 g/mol. The van der Waals surface area contributed by atoms with Crippen LogP contribution in [0.15, 0.2) is 6.20 Å². The van der Waals surface area contributed by atoms with E-state index in [1.54, 1.807) is 0 Å². The van der Waals surface area contributed by atoms with E-state index in [0.717, 1.165) is 64.1 Å². The molecule has 1 aromatic heterocycles. The Morgan fingerprint density at radius 1 is 1.22 bits per heavy atom. The first kappa shape index (κ1) is 15.1. The Balaban J connectivity index is 1.47. The van der Waals surface area contributed by atoms with Crippen molar-refractivity contribution in [1.29, 1.82) is 0 Å². The van der Waals surface area contributed by atoms with Gasteiger partial charge in [0, 0.05) is 61.9 Å². The molecule has 1 aliphatic carbocycles. The van der Waals surface area contributed by atoms with E-state index in [-0.39, 0.29) is 5.92 Å². The Labute approximate surface area is 137 Å². The molecule has 0 radical (unpaired) electrons. The molecular weight excluding hydrogens is 288 g/mol. The average Bonchev–Trinajstić information content (AvgIpc) is 3.15. The van der Waals surface area contributed by atoms with Crippen LogP contribution in [0.1, 0.15) is 61.5 Å². The number of nitrogens with zero attached hydrogens (tertiary/aromatic N) is 3. The molecule has 1 aromatic rings. The van der Waals surface area contributed by atoms with Crippen LogP contribution in [0.3, 0.4) is 0 Å². The largest absolute Gasteiger partial charge is 0.342 e. The molecule has 1 saturated heterocycles. The predicted octanol–water partition coefficient (Wildman–Crippen LogP) is 2.02. The lowest BCUT2D eigenvalue weighted by Crippen LogP contribution is -2.42. The number of hydrogen-bond acceptors (Lipinski definition) is 4. The standard InChI is InChI=1S/C18H26N4O/c23-18(13-4-1-2-5-13)22-9-3-6-14(12-22)17-20-11-15-10-19-8-7-16(15)21-17/h11,13-14,19H,1-10,12H2. The van der Waals surface area contributed by atoms with Crippen LogP contribution < -0.4 is 5.32 Å². The fourth-order valence-electron chi connectivity index (χ4n) is 4.27.